The molecule has 3 N–H and O–H groups in total. The van der Waals surface area contributed by atoms with Crippen LogP contribution in [0.4, 0.5) is 5.69 Å². The summed E-state index contributed by atoms with van der Waals surface area (Å²) in [6.07, 6.45) is 11.9. The molecule has 1 heterocycles. The number of rotatable bonds is 3. The topological polar surface area (TPSA) is 71.2 Å². The second kappa shape index (κ2) is 11.0. The fourth-order valence-electron chi connectivity index (χ4n) is 4.50. The molecule has 1 aliphatic heterocycles. The van der Waals surface area contributed by atoms with Crippen LogP contribution in [0.3, 0.4) is 0 Å². The van der Waals surface area contributed by atoms with Crippen LogP contribution in [0, 0.1) is 10.8 Å². The standard InChI is InChI=1S/C18H20N2S.C11H9NO.Cu/c1-20-16-12-11-14-8-4-5-9-15(14)18(16)21(2,3)17(20)10-6-7-13-19;12-11(13)10-7-3-5-8-4-1-2-6-9(8)10;/h4-13,19H,1-3H3;1-7H,(H2,12,13);/b7-6+,17-10+,19-13?;;. The van der Waals surface area contributed by atoms with Gasteiger partial charge in [0.25, 0.3) is 0 Å². The fraction of sp³-hybridized carbons (Fsp3) is 0.103. The Morgan fingerprint density at radius 1 is 0.829 bits per heavy atom. The Labute approximate surface area is 218 Å². The molecule has 0 aliphatic carbocycles. The zero-order valence-electron chi connectivity index (χ0n) is 19.9. The zero-order valence-corrected chi connectivity index (χ0v) is 21.7. The SMILES string of the molecule is CN1/C(=C\C=C\C=N)S(C)(C)c2c1ccc1ccccc21.N=C(O)c1cccc2ccccc12.[Cu]. The normalized spacial score (nSPS) is 15.9. The van der Waals surface area contributed by atoms with E-state index in [9.17, 15) is 0 Å². The average molecular weight is 531 g/mol. The molecular weight excluding hydrogens is 502 g/mol. The molecule has 4 aromatic carbocycles. The number of aliphatic hydroxyl groups is 1. The molecule has 5 rings (SSSR count). The second-order valence-electron chi connectivity index (χ2n) is 8.45. The van der Waals surface area contributed by atoms with Crippen LogP contribution in [-0.4, -0.2) is 36.8 Å². The predicted molar refractivity (Wildman–Crippen MR) is 149 cm³/mol. The number of benzene rings is 4. The molecule has 0 saturated carbocycles. The Kier molecular flexibility index (Phi) is 8.23. The quantitative estimate of drug-likeness (QED) is 0.146. The number of aliphatic hydroxyl groups excluding tert-OH is 1. The molecule has 0 amide bonds. The van der Waals surface area contributed by atoms with Crippen molar-refractivity contribution >= 4 is 49.4 Å². The van der Waals surface area contributed by atoms with Crippen LogP contribution in [0.1, 0.15) is 5.56 Å². The maximum Gasteiger partial charge on any atom is 0.211 e. The molecule has 4 aromatic rings. The van der Waals surface area contributed by atoms with Crippen molar-refractivity contribution in [3.63, 3.8) is 0 Å². The van der Waals surface area contributed by atoms with Gasteiger partial charge in [-0.1, -0.05) is 72.8 Å². The Bertz CT molecular complexity index is 1450. The van der Waals surface area contributed by atoms with E-state index >= 15 is 0 Å². The molecule has 1 radical (unpaired) electrons. The minimum atomic E-state index is -1.04. The first kappa shape index (κ1) is 26.3. The van der Waals surface area contributed by atoms with Crippen LogP contribution in [0.5, 0.6) is 0 Å². The molecule has 1 aliphatic rings. The summed E-state index contributed by atoms with van der Waals surface area (Å²) in [4.78, 5) is 3.77. The molecular formula is C29H29CuN3OS. The Hall–Kier alpha value is -3.31. The first-order valence-electron chi connectivity index (χ1n) is 11.0. The number of nitrogens with zero attached hydrogens (tertiary/aromatic N) is 1. The van der Waals surface area contributed by atoms with Crippen LogP contribution in [0.15, 0.2) is 107 Å². The van der Waals surface area contributed by atoms with Gasteiger partial charge in [-0.05, 0) is 58.3 Å². The van der Waals surface area contributed by atoms with E-state index in [1.165, 1.54) is 32.6 Å². The molecule has 0 saturated heterocycles. The molecule has 6 heteroatoms. The number of fused-ring (bicyclic) bond motifs is 4. The molecule has 0 bridgehead atoms. The third-order valence-electron chi connectivity index (χ3n) is 6.07. The van der Waals surface area contributed by atoms with E-state index in [2.05, 4.69) is 66.9 Å². The number of anilines is 1. The molecule has 0 atom stereocenters. The van der Waals surface area contributed by atoms with Crippen molar-refractivity contribution in [3.8, 4) is 0 Å². The van der Waals surface area contributed by atoms with E-state index in [4.69, 9.17) is 15.9 Å². The molecule has 4 nitrogen and oxygen atoms in total. The third-order valence-corrected chi connectivity index (χ3v) is 8.98. The summed E-state index contributed by atoms with van der Waals surface area (Å²) < 4.78 is 0. The first-order chi connectivity index (χ1) is 16.4. The first-order valence-corrected chi connectivity index (χ1v) is 13.4. The summed E-state index contributed by atoms with van der Waals surface area (Å²) in [7, 11) is 1.10. The monoisotopic (exact) mass is 530 g/mol. The van der Waals surface area contributed by atoms with Crippen molar-refractivity contribution < 1.29 is 22.2 Å². The van der Waals surface area contributed by atoms with E-state index in [-0.39, 0.29) is 23.0 Å². The minimum absolute atomic E-state index is 0. The molecule has 35 heavy (non-hydrogen) atoms. The summed E-state index contributed by atoms with van der Waals surface area (Å²) in [6.45, 7) is 0. The third kappa shape index (κ3) is 5.06. The van der Waals surface area contributed by atoms with Crippen molar-refractivity contribution in [3.05, 3.63) is 108 Å². The summed E-state index contributed by atoms with van der Waals surface area (Å²) in [5.74, 6) is -0.378. The van der Waals surface area contributed by atoms with Crippen molar-refractivity contribution in [2.45, 2.75) is 4.90 Å². The van der Waals surface area contributed by atoms with Gasteiger partial charge in [0, 0.05) is 40.8 Å². The zero-order chi connectivity index (χ0) is 24.3. The van der Waals surface area contributed by atoms with Gasteiger partial charge < -0.3 is 15.4 Å². The minimum Gasteiger partial charge on any atom is -0.493 e. The molecule has 0 aromatic heterocycles. The van der Waals surface area contributed by atoms with Crippen molar-refractivity contribution in [2.24, 2.45) is 0 Å². The van der Waals surface area contributed by atoms with Gasteiger partial charge in [-0.15, -0.1) is 0 Å². The van der Waals surface area contributed by atoms with Crippen LogP contribution < -0.4 is 4.90 Å². The van der Waals surface area contributed by atoms with Gasteiger partial charge >= 0.3 is 0 Å². The second-order valence-corrected chi connectivity index (χ2v) is 11.9. The number of hydrogen-bond acceptors (Lipinski definition) is 3. The van der Waals surface area contributed by atoms with Crippen molar-refractivity contribution in [1.82, 2.24) is 0 Å². The Morgan fingerprint density at radius 3 is 2.09 bits per heavy atom. The van der Waals surface area contributed by atoms with Gasteiger partial charge in [-0.2, -0.15) is 10.0 Å². The average Bonchev–Trinajstić information content (AvgIpc) is 3.04. The molecule has 0 fully saturated rings. The van der Waals surface area contributed by atoms with Gasteiger partial charge in [0.1, 0.15) is 0 Å². The summed E-state index contributed by atoms with van der Waals surface area (Å²) in [6, 6.07) is 26.3. The van der Waals surface area contributed by atoms with E-state index in [0.717, 1.165) is 10.8 Å². The van der Waals surface area contributed by atoms with Crippen molar-refractivity contribution in [2.75, 3.05) is 24.5 Å². The van der Waals surface area contributed by atoms with E-state index < -0.39 is 10.0 Å². The predicted octanol–water partition coefficient (Wildman–Crippen LogP) is 7.48. The maximum atomic E-state index is 9.11. The van der Waals surface area contributed by atoms with Crippen LogP contribution in [-0.2, 0) is 17.1 Å². The van der Waals surface area contributed by atoms with Gasteiger partial charge in [-0.25, -0.2) is 0 Å². The maximum absolute atomic E-state index is 9.11. The van der Waals surface area contributed by atoms with Crippen LogP contribution >= 0.6 is 10.0 Å². The van der Waals surface area contributed by atoms with Gasteiger partial charge in [-0.3, -0.25) is 5.41 Å². The van der Waals surface area contributed by atoms with E-state index in [1.54, 1.807) is 12.1 Å². The van der Waals surface area contributed by atoms with Crippen molar-refractivity contribution in [1.29, 1.82) is 10.8 Å². The largest absolute Gasteiger partial charge is 0.493 e. The van der Waals surface area contributed by atoms with E-state index in [0.29, 0.717) is 5.56 Å². The van der Waals surface area contributed by atoms with Gasteiger partial charge in [0.15, 0.2) is 0 Å². The number of hydrogen-bond donors (Lipinski definition) is 3. The molecule has 0 unspecified atom stereocenters. The molecule has 183 valence electrons. The summed E-state index contributed by atoms with van der Waals surface area (Å²) >= 11 is 0. The van der Waals surface area contributed by atoms with E-state index in [1.807, 2.05) is 42.5 Å². The van der Waals surface area contributed by atoms with Crippen LogP contribution in [0.25, 0.3) is 21.5 Å². The number of nitrogens with one attached hydrogen (secondary N) is 2. The summed E-state index contributed by atoms with van der Waals surface area (Å²) in [5.41, 5.74) is 1.89. The summed E-state index contributed by atoms with van der Waals surface area (Å²) in [5, 5.41) is 29.4. The number of allylic oxidation sites excluding steroid dienone is 3. The fourth-order valence-corrected chi connectivity index (χ4v) is 7.38. The Balaban J connectivity index is 0.000000211. The Morgan fingerprint density at radius 2 is 1.43 bits per heavy atom. The molecule has 0 spiro atoms. The smallest absolute Gasteiger partial charge is 0.211 e. The van der Waals surface area contributed by atoms with Gasteiger partial charge in [0.05, 0.1) is 10.7 Å². The van der Waals surface area contributed by atoms with Gasteiger partial charge in [0.2, 0.25) is 5.90 Å². The van der Waals surface area contributed by atoms with Crippen LogP contribution in [0.2, 0.25) is 0 Å².